The summed E-state index contributed by atoms with van der Waals surface area (Å²) < 4.78 is 5.88. The first-order valence-corrected chi connectivity index (χ1v) is 11.3. The van der Waals surface area contributed by atoms with Crippen molar-refractivity contribution >= 4 is 5.97 Å². The SMILES string of the molecule is CC(=O)O[C@H]1CC[C@H]2[C@@H]3[C@H](C)C[C@@H]4C[C@H](C)CC[C@]4(C)[C@H]3C[C@H](C)[C@]12C. The number of fused-ring (bicyclic) bond motifs is 5. The molecular weight excluding hydrogens is 320 g/mol. The molecule has 10 atom stereocenters. The molecule has 0 unspecified atom stereocenters. The second-order valence-corrected chi connectivity index (χ2v) is 11.3. The van der Waals surface area contributed by atoms with Crippen LogP contribution < -0.4 is 0 Å². The predicted molar refractivity (Wildman–Crippen MR) is 106 cm³/mol. The van der Waals surface area contributed by atoms with Gasteiger partial charge in [-0.05, 0) is 85.4 Å². The molecule has 4 saturated carbocycles. The summed E-state index contributed by atoms with van der Waals surface area (Å²) in [5.74, 6) is 5.72. The van der Waals surface area contributed by atoms with Crippen LogP contribution in [0.5, 0.6) is 0 Å². The number of carbonyl (C=O) groups excluding carboxylic acids is 1. The van der Waals surface area contributed by atoms with Crippen LogP contribution in [0.3, 0.4) is 0 Å². The summed E-state index contributed by atoms with van der Waals surface area (Å²) in [5.41, 5.74) is 0.741. The van der Waals surface area contributed by atoms with E-state index in [0.717, 1.165) is 41.9 Å². The molecule has 4 aliphatic carbocycles. The molecule has 4 rings (SSSR count). The molecule has 0 amide bonds. The fraction of sp³-hybridized carbons (Fsp3) is 0.958. The van der Waals surface area contributed by atoms with Gasteiger partial charge >= 0.3 is 5.97 Å². The second kappa shape index (κ2) is 6.24. The van der Waals surface area contributed by atoms with Crippen molar-refractivity contribution in [3.05, 3.63) is 0 Å². The first-order chi connectivity index (χ1) is 12.2. The molecule has 0 N–H and O–H groups in total. The molecular formula is C24H40O2. The summed E-state index contributed by atoms with van der Waals surface area (Å²) in [7, 11) is 0. The molecule has 0 spiro atoms. The van der Waals surface area contributed by atoms with Crippen molar-refractivity contribution in [2.75, 3.05) is 0 Å². The summed E-state index contributed by atoms with van der Waals surface area (Å²) in [6.07, 6.45) is 9.59. The third-order valence-corrected chi connectivity index (χ3v) is 10.1. The fourth-order valence-corrected chi connectivity index (χ4v) is 8.54. The Labute approximate surface area is 160 Å². The number of rotatable bonds is 1. The number of hydrogen-bond acceptors (Lipinski definition) is 2. The molecule has 4 fully saturated rings. The minimum absolute atomic E-state index is 0.0869. The van der Waals surface area contributed by atoms with Crippen LogP contribution in [0.4, 0.5) is 0 Å². The van der Waals surface area contributed by atoms with E-state index in [-0.39, 0.29) is 17.5 Å². The molecule has 2 heteroatoms. The van der Waals surface area contributed by atoms with E-state index in [1.54, 1.807) is 6.92 Å². The highest BCUT2D eigenvalue weighted by Gasteiger charge is 2.64. The standard InChI is InChI=1S/C24H40O2/c1-14-9-10-23(5)18(11-14)12-15(2)22-19-7-8-21(26-17(4)25)24(19,6)16(3)13-20(22)23/h14-16,18-22H,7-13H2,1-6H3/t14-,15-,16+,18+,19+,20+,21+,22+,23+,24+/m1/s1. The van der Waals surface area contributed by atoms with Gasteiger partial charge in [-0.1, -0.05) is 41.0 Å². The van der Waals surface area contributed by atoms with Gasteiger partial charge in [-0.3, -0.25) is 4.79 Å². The lowest BCUT2D eigenvalue weighted by molar-refractivity contribution is -0.181. The topological polar surface area (TPSA) is 26.3 Å². The monoisotopic (exact) mass is 360 g/mol. The van der Waals surface area contributed by atoms with Crippen molar-refractivity contribution < 1.29 is 9.53 Å². The van der Waals surface area contributed by atoms with Crippen molar-refractivity contribution in [3.8, 4) is 0 Å². The van der Waals surface area contributed by atoms with Gasteiger partial charge in [0.25, 0.3) is 0 Å². The van der Waals surface area contributed by atoms with Crippen LogP contribution in [0.2, 0.25) is 0 Å². The highest BCUT2D eigenvalue weighted by molar-refractivity contribution is 5.66. The maximum atomic E-state index is 11.7. The smallest absolute Gasteiger partial charge is 0.302 e. The van der Waals surface area contributed by atoms with Crippen LogP contribution >= 0.6 is 0 Å². The summed E-state index contributed by atoms with van der Waals surface area (Å²) in [6.45, 7) is 14.2. The van der Waals surface area contributed by atoms with E-state index in [1.807, 2.05) is 0 Å². The van der Waals surface area contributed by atoms with E-state index in [4.69, 9.17) is 4.74 Å². The summed E-state index contributed by atoms with van der Waals surface area (Å²) >= 11 is 0. The zero-order valence-corrected chi connectivity index (χ0v) is 17.9. The highest BCUT2D eigenvalue weighted by atomic mass is 16.5. The summed E-state index contributed by atoms with van der Waals surface area (Å²) in [6, 6.07) is 0. The molecule has 26 heavy (non-hydrogen) atoms. The van der Waals surface area contributed by atoms with Gasteiger partial charge in [0.1, 0.15) is 6.10 Å². The first-order valence-electron chi connectivity index (χ1n) is 11.3. The van der Waals surface area contributed by atoms with Crippen molar-refractivity contribution in [1.82, 2.24) is 0 Å². The van der Waals surface area contributed by atoms with Gasteiger partial charge in [-0.15, -0.1) is 0 Å². The Morgan fingerprint density at radius 3 is 2.38 bits per heavy atom. The van der Waals surface area contributed by atoms with E-state index < -0.39 is 0 Å². The number of carbonyl (C=O) groups is 1. The maximum Gasteiger partial charge on any atom is 0.302 e. The van der Waals surface area contributed by atoms with Crippen LogP contribution in [-0.2, 0) is 9.53 Å². The summed E-state index contributed by atoms with van der Waals surface area (Å²) in [5, 5.41) is 0. The van der Waals surface area contributed by atoms with Gasteiger partial charge in [0.2, 0.25) is 0 Å². The van der Waals surface area contributed by atoms with Gasteiger partial charge in [-0.2, -0.15) is 0 Å². The third kappa shape index (κ3) is 2.53. The molecule has 0 heterocycles. The molecule has 2 nitrogen and oxygen atoms in total. The molecule has 4 aliphatic rings. The van der Waals surface area contributed by atoms with E-state index in [2.05, 4.69) is 34.6 Å². The number of esters is 1. The molecule has 0 aromatic heterocycles. The van der Waals surface area contributed by atoms with Crippen molar-refractivity contribution in [2.24, 2.45) is 52.3 Å². The van der Waals surface area contributed by atoms with E-state index in [9.17, 15) is 4.79 Å². The molecule has 0 aromatic rings. The molecule has 0 aliphatic heterocycles. The lowest BCUT2D eigenvalue weighted by atomic mass is 9.41. The lowest BCUT2D eigenvalue weighted by Gasteiger charge is -2.64. The molecule has 0 saturated heterocycles. The fourth-order valence-electron chi connectivity index (χ4n) is 8.54. The van der Waals surface area contributed by atoms with Crippen LogP contribution in [-0.4, -0.2) is 12.1 Å². The third-order valence-electron chi connectivity index (χ3n) is 10.1. The Balaban J connectivity index is 1.67. The Morgan fingerprint density at radius 1 is 0.962 bits per heavy atom. The molecule has 0 bridgehead atoms. The Kier molecular flexibility index (Phi) is 4.52. The van der Waals surface area contributed by atoms with Gasteiger partial charge in [0, 0.05) is 12.3 Å². The summed E-state index contributed by atoms with van der Waals surface area (Å²) in [4.78, 5) is 11.7. The highest BCUT2D eigenvalue weighted by Crippen LogP contribution is 2.69. The number of ether oxygens (including phenoxy) is 1. The van der Waals surface area contributed by atoms with E-state index in [1.165, 1.54) is 38.5 Å². The first kappa shape index (κ1) is 18.8. The van der Waals surface area contributed by atoms with E-state index in [0.29, 0.717) is 11.3 Å². The van der Waals surface area contributed by atoms with Gasteiger partial charge < -0.3 is 4.74 Å². The lowest BCUT2D eigenvalue weighted by Crippen LogP contribution is -2.59. The molecule has 148 valence electrons. The van der Waals surface area contributed by atoms with E-state index >= 15 is 0 Å². The zero-order valence-electron chi connectivity index (χ0n) is 17.9. The second-order valence-electron chi connectivity index (χ2n) is 11.3. The largest absolute Gasteiger partial charge is 0.462 e. The number of hydrogen-bond donors (Lipinski definition) is 0. The van der Waals surface area contributed by atoms with Crippen molar-refractivity contribution in [2.45, 2.75) is 92.6 Å². The predicted octanol–water partition coefficient (Wildman–Crippen LogP) is 6.09. The van der Waals surface area contributed by atoms with Crippen molar-refractivity contribution in [3.63, 3.8) is 0 Å². The quantitative estimate of drug-likeness (QED) is 0.529. The van der Waals surface area contributed by atoms with Gasteiger partial charge in [0.05, 0.1) is 0 Å². The normalized spacial score (nSPS) is 56.2. The minimum atomic E-state index is -0.0869. The van der Waals surface area contributed by atoms with Gasteiger partial charge in [0.15, 0.2) is 0 Å². The van der Waals surface area contributed by atoms with Crippen LogP contribution in [0, 0.1) is 52.3 Å². The Bertz CT molecular complexity index is 571. The molecule has 0 aromatic carbocycles. The van der Waals surface area contributed by atoms with Gasteiger partial charge in [-0.25, -0.2) is 0 Å². The van der Waals surface area contributed by atoms with Crippen LogP contribution in [0.15, 0.2) is 0 Å². The Morgan fingerprint density at radius 2 is 1.69 bits per heavy atom. The molecule has 0 radical (unpaired) electrons. The maximum absolute atomic E-state index is 11.7. The van der Waals surface area contributed by atoms with Crippen LogP contribution in [0.1, 0.15) is 86.5 Å². The average molecular weight is 361 g/mol. The zero-order chi connectivity index (χ0) is 18.9. The Hall–Kier alpha value is -0.530. The van der Waals surface area contributed by atoms with Crippen LogP contribution in [0.25, 0.3) is 0 Å². The average Bonchev–Trinajstić information content (AvgIpc) is 2.88. The van der Waals surface area contributed by atoms with Crippen molar-refractivity contribution in [1.29, 1.82) is 0 Å². The minimum Gasteiger partial charge on any atom is -0.462 e.